The maximum absolute atomic E-state index is 13.2. The van der Waals surface area contributed by atoms with Crippen LogP contribution in [0, 0.1) is 25.2 Å². The summed E-state index contributed by atoms with van der Waals surface area (Å²) < 4.78 is 46.1. The van der Waals surface area contributed by atoms with Gasteiger partial charge in [0.2, 0.25) is 0 Å². The Balaban J connectivity index is 2.41. The van der Waals surface area contributed by atoms with Gasteiger partial charge in [-0.25, -0.2) is 9.59 Å². The van der Waals surface area contributed by atoms with Gasteiger partial charge in [-0.15, -0.1) is 0 Å². The van der Waals surface area contributed by atoms with Crippen LogP contribution < -0.4 is 11.1 Å². The lowest BCUT2D eigenvalue weighted by Crippen LogP contribution is -2.42. The number of halogens is 4. The van der Waals surface area contributed by atoms with Crippen LogP contribution in [0.4, 0.5) is 18.0 Å². The Morgan fingerprint density at radius 2 is 1.91 bits per heavy atom. The van der Waals surface area contributed by atoms with Gasteiger partial charge >= 0.3 is 18.2 Å². The number of aromatic nitrogens is 1. The number of rotatable bonds is 5. The van der Waals surface area contributed by atoms with E-state index in [4.69, 9.17) is 22.1 Å². The third-order valence-corrected chi connectivity index (χ3v) is 4.85. The number of hydrogen-bond acceptors (Lipinski definition) is 5. The SMILES string of the molecule is Cc1cc(/C=C(\C#N)C(=O)OC(C)C(=O)NC(N)=O)c(C)n1-c1ccc(Cl)c(C(F)(F)F)c1. The van der Waals surface area contributed by atoms with Gasteiger partial charge in [-0.1, -0.05) is 11.6 Å². The van der Waals surface area contributed by atoms with Gasteiger partial charge < -0.3 is 15.0 Å². The van der Waals surface area contributed by atoms with Gasteiger partial charge in [-0.2, -0.15) is 18.4 Å². The zero-order valence-electron chi connectivity index (χ0n) is 17.6. The summed E-state index contributed by atoms with van der Waals surface area (Å²) in [7, 11) is 0. The van der Waals surface area contributed by atoms with Crippen LogP contribution in [0.2, 0.25) is 5.02 Å². The first kappa shape index (κ1) is 25.5. The molecule has 0 bridgehead atoms. The standard InChI is InChI=1S/C21H18ClF3N4O4/c1-10-6-13(7-14(9-26)19(31)33-12(3)18(30)28-20(27)32)11(2)29(10)15-4-5-17(22)16(8-15)21(23,24)25/h4-8,12H,1-3H3,(H3,27,28,30,32)/b14-7+. The third kappa shape index (κ3) is 5.93. The molecule has 1 unspecified atom stereocenters. The number of aryl methyl sites for hydroxylation is 1. The first-order valence-electron chi connectivity index (χ1n) is 9.25. The number of esters is 1. The first-order valence-corrected chi connectivity index (χ1v) is 9.63. The summed E-state index contributed by atoms with van der Waals surface area (Å²) in [5.74, 6) is -2.12. The number of alkyl halides is 3. The van der Waals surface area contributed by atoms with Crippen LogP contribution in [0.3, 0.4) is 0 Å². The molecule has 1 atom stereocenters. The predicted molar refractivity (Wildman–Crippen MR) is 112 cm³/mol. The molecule has 1 aromatic carbocycles. The number of nitrogens with one attached hydrogen (secondary N) is 1. The zero-order valence-corrected chi connectivity index (χ0v) is 18.3. The maximum Gasteiger partial charge on any atom is 0.417 e. The van der Waals surface area contributed by atoms with E-state index < -0.39 is 46.3 Å². The second-order valence-electron chi connectivity index (χ2n) is 6.89. The molecule has 0 aliphatic rings. The number of ether oxygens (including phenoxy) is 1. The molecule has 2 rings (SSSR count). The normalized spacial score (nSPS) is 12.6. The van der Waals surface area contributed by atoms with Crippen molar-refractivity contribution in [3.8, 4) is 11.8 Å². The molecule has 0 saturated carbocycles. The Bertz CT molecular complexity index is 1200. The molecule has 0 aliphatic carbocycles. The lowest BCUT2D eigenvalue weighted by atomic mass is 10.1. The van der Waals surface area contributed by atoms with Gasteiger partial charge in [-0.3, -0.25) is 10.1 Å². The van der Waals surface area contributed by atoms with E-state index in [1.807, 2.05) is 0 Å². The minimum atomic E-state index is -4.65. The summed E-state index contributed by atoms with van der Waals surface area (Å²) in [4.78, 5) is 34.7. The number of nitrogens with two attached hydrogens (primary N) is 1. The van der Waals surface area contributed by atoms with Crippen molar-refractivity contribution in [2.75, 3.05) is 0 Å². The average molecular weight is 483 g/mol. The molecular formula is C21H18ClF3N4O4. The van der Waals surface area contributed by atoms with Crippen LogP contribution in [0.15, 0.2) is 29.8 Å². The Kier molecular flexibility index (Phi) is 7.56. The highest BCUT2D eigenvalue weighted by Crippen LogP contribution is 2.36. The number of benzene rings is 1. The largest absolute Gasteiger partial charge is 0.448 e. The molecule has 1 aromatic heterocycles. The van der Waals surface area contributed by atoms with Crippen molar-refractivity contribution in [1.82, 2.24) is 9.88 Å². The minimum Gasteiger partial charge on any atom is -0.448 e. The van der Waals surface area contributed by atoms with Gasteiger partial charge in [0.05, 0.1) is 10.6 Å². The van der Waals surface area contributed by atoms with Crippen molar-refractivity contribution in [2.45, 2.75) is 33.1 Å². The van der Waals surface area contributed by atoms with Crippen molar-refractivity contribution in [2.24, 2.45) is 5.73 Å². The summed E-state index contributed by atoms with van der Waals surface area (Å²) in [5.41, 5.74) is 4.85. The van der Waals surface area contributed by atoms with E-state index in [1.54, 1.807) is 31.3 Å². The predicted octanol–water partition coefficient (Wildman–Crippen LogP) is 3.80. The molecule has 0 fully saturated rings. The Morgan fingerprint density at radius 3 is 2.45 bits per heavy atom. The number of amides is 3. The fourth-order valence-corrected chi connectivity index (χ4v) is 3.22. The van der Waals surface area contributed by atoms with E-state index in [-0.39, 0.29) is 5.69 Å². The smallest absolute Gasteiger partial charge is 0.417 e. The zero-order chi connectivity index (χ0) is 25.1. The van der Waals surface area contributed by atoms with E-state index in [2.05, 4.69) is 0 Å². The van der Waals surface area contributed by atoms with Crippen LogP contribution >= 0.6 is 11.6 Å². The van der Waals surface area contributed by atoms with Crippen LogP contribution in [0.1, 0.15) is 29.4 Å². The number of carbonyl (C=O) groups excluding carboxylic acids is 3. The van der Waals surface area contributed by atoms with E-state index in [0.717, 1.165) is 12.1 Å². The average Bonchev–Trinajstić information content (AvgIpc) is 2.98. The summed E-state index contributed by atoms with van der Waals surface area (Å²) in [6.45, 7) is 4.40. The molecule has 3 N–H and O–H groups in total. The van der Waals surface area contributed by atoms with Gasteiger partial charge in [-0.05, 0) is 56.7 Å². The van der Waals surface area contributed by atoms with Gasteiger partial charge in [0, 0.05) is 17.1 Å². The quantitative estimate of drug-likeness (QED) is 0.380. The number of carbonyl (C=O) groups is 3. The van der Waals surface area contributed by atoms with Crippen LogP contribution in [-0.2, 0) is 20.5 Å². The van der Waals surface area contributed by atoms with Crippen LogP contribution in [0.5, 0.6) is 0 Å². The van der Waals surface area contributed by atoms with Crippen LogP contribution in [-0.4, -0.2) is 28.6 Å². The van der Waals surface area contributed by atoms with E-state index in [1.165, 1.54) is 23.6 Å². The van der Waals surface area contributed by atoms with Crippen molar-refractivity contribution < 1.29 is 32.3 Å². The maximum atomic E-state index is 13.2. The lowest BCUT2D eigenvalue weighted by Gasteiger charge is -2.14. The highest BCUT2D eigenvalue weighted by molar-refractivity contribution is 6.31. The fourth-order valence-electron chi connectivity index (χ4n) is 2.99. The summed E-state index contributed by atoms with van der Waals surface area (Å²) in [6.07, 6.45) is -4.88. The monoisotopic (exact) mass is 482 g/mol. The van der Waals surface area contributed by atoms with Crippen LogP contribution in [0.25, 0.3) is 11.8 Å². The van der Waals surface area contributed by atoms with Gasteiger partial charge in [0.25, 0.3) is 5.91 Å². The van der Waals surface area contributed by atoms with E-state index in [0.29, 0.717) is 17.0 Å². The first-order chi connectivity index (χ1) is 15.3. The topological polar surface area (TPSA) is 127 Å². The van der Waals surface area contributed by atoms with Crippen molar-refractivity contribution in [3.05, 3.63) is 57.4 Å². The second-order valence-corrected chi connectivity index (χ2v) is 7.30. The molecular weight excluding hydrogens is 465 g/mol. The van der Waals surface area contributed by atoms with Crippen molar-refractivity contribution in [1.29, 1.82) is 5.26 Å². The van der Waals surface area contributed by atoms with E-state index >= 15 is 0 Å². The highest BCUT2D eigenvalue weighted by Gasteiger charge is 2.33. The summed E-state index contributed by atoms with van der Waals surface area (Å²) in [5, 5.41) is 10.6. The fraction of sp³-hybridized carbons (Fsp3) is 0.238. The molecule has 8 nitrogen and oxygen atoms in total. The number of imide groups is 1. The Hall–Kier alpha value is -3.78. The highest BCUT2D eigenvalue weighted by atomic mass is 35.5. The van der Waals surface area contributed by atoms with E-state index in [9.17, 15) is 32.8 Å². The number of nitriles is 1. The van der Waals surface area contributed by atoms with Crippen molar-refractivity contribution >= 4 is 35.6 Å². The lowest BCUT2D eigenvalue weighted by molar-refractivity contribution is -0.150. The second kappa shape index (κ2) is 9.79. The van der Waals surface area contributed by atoms with Gasteiger partial charge in [0.15, 0.2) is 6.10 Å². The molecule has 0 radical (unpaired) electrons. The Labute approximate surface area is 191 Å². The molecule has 0 spiro atoms. The van der Waals surface area contributed by atoms with Crippen molar-refractivity contribution in [3.63, 3.8) is 0 Å². The molecule has 1 heterocycles. The summed E-state index contributed by atoms with van der Waals surface area (Å²) in [6, 6.07) is 5.51. The third-order valence-electron chi connectivity index (χ3n) is 4.52. The molecule has 174 valence electrons. The molecule has 0 saturated heterocycles. The number of primary amides is 1. The molecule has 12 heteroatoms. The molecule has 3 amide bonds. The molecule has 2 aromatic rings. The minimum absolute atomic E-state index is 0.180. The summed E-state index contributed by atoms with van der Waals surface area (Å²) >= 11 is 5.69. The number of urea groups is 1. The number of nitrogens with zero attached hydrogens (tertiary/aromatic N) is 2. The molecule has 0 aliphatic heterocycles. The molecule has 33 heavy (non-hydrogen) atoms. The van der Waals surface area contributed by atoms with Gasteiger partial charge in [0.1, 0.15) is 11.6 Å². The number of hydrogen-bond donors (Lipinski definition) is 2. The Morgan fingerprint density at radius 1 is 1.27 bits per heavy atom.